The minimum absolute atomic E-state index is 0.105. The maximum Gasteiger partial charge on any atom is 0.0791 e. The largest absolute Gasteiger partial charge is 0.394 e. The van der Waals surface area contributed by atoms with Gasteiger partial charge in [-0.25, -0.2) is 0 Å². The van der Waals surface area contributed by atoms with E-state index >= 15 is 0 Å². The Hall–Kier alpha value is -0.160. The molecule has 1 saturated carbocycles. The number of hydrogen-bond acceptors (Lipinski definition) is 4. The normalized spacial score (nSPS) is 26.5. The van der Waals surface area contributed by atoms with Crippen molar-refractivity contribution in [2.75, 3.05) is 32.8 Å². The number of hydrogen-bond donors (Lipinski definition) is 3. The zero-order valence-electron chi connectivity index (χ0n) is 10.7. The number of rotatable bonds is 6. The van der Waals surface area contributed by atoms with E-state index in [1.165, 1.54) is 25.7 Å². The highest BCUT2D eigenvalue weighted by atomic mass is 16.3. The minimum atomic E-state index is -0.308. The van der Waals surface area contributed by atoms with E-state index in [4.69, 9.17) is 0 Å². The third-order valence-electron chi connectivity index (χ3n) is 4.24. The van der Waals surface area contributed by atoms with Gasteiger partial charge >= 0.3 is 0 Å². The van der Waals surface area contributed by atoms with Gasteiger partial charge in [-0.1, -0.05) is 12.8 Å². The van der Waals surface area contributed by atoms with Crippen LogP contribution >= 0.6 is 0 Å². The summed E-state index contributed by atoms with van der Waals surface area (Å²) in [6, 6.07) is 0. The van der Waals surface area contributed by atoms with Crippen LogP contribution in [0.25, 0.3) is 0 Å². The number of likely N-dealkylation sites (tertiary alicyclic amines) is 1. The molecule has 0 radical (unpaired) electrons. The number of aliphatic hydroxyl groups is 2. The predicted octanol–water partition coefficient (Wildman–Crippen LogP) is 0.338. The van der Waals surface area contributed by atoms with Gasteiger partial charge in [-0.15, -0.1) is 0 Å². The standard InChI is InChI=1S/C13H26N2O2/c16-11-13(5-1-2-6-13)14-9-12(17)10-15-7-3-4-8-15/h12,14,16-17H,1-11H2. The lowest BCUT2D eigenvalue weighted by molar-refractivity contribution is 0.0971. The van der Waals surface area contributed by atoms with E-state index in [0.29, 0.717) is 6.54 Å². The lowest BCUT2D eigenvalue weighted by atomic mass is 9.99. The Labute approximate surface area is 104 Å². The van der Waals surface area contributed by atoms with E-state index in [1.54, 1.807) is 0 Å². The molecule has 3 N–H and O–H groups in total. The topological polar surface area (TPSA) is 55.7 Å². The van der Waals surface area contributed by atoms with E-state index < -0.39 is 0 Å². The monoisotopic (exact) mass is 242 g/mol. The first-order chi connectivity index (χ1) is 8.24. The second-order valence-electron chi connectivity index (χ2n) is 5.69. The van der Waals surface area contributed by atoms with Gasteiger partial charge in [-0.3, -0.25) is 0 Å². The van der Waals surface area contributed by atoms with Crippen LogP contribution in [0.1, 0.15) is 38.5 Å². The van der Waals surface area contributed by atoms with Gasteiger partial charge in [0.25, 0.3) is 0 Å². The summed E-state index contributed by atoms with van der Waals surface area (Å²) in [7, 11) is 0. The van der Waals surface area contributed by atoms with Gasteiger partial charge in [0.05, 0.1) is 12.7 Å². The van der Waals surface area contributed by atoms with Crippen molar-refractivity contribution in [1.82, 2.24) is 10.2 Å². The zero-order valence-corrected chi connectivity index (χ0v) is 10.7. The molecule has 17 heavy (non-hydrogen) atoms. The lowest BCUT2D eigenvalue weighted by Crippen LogP contribution is -2.50. The summed E-state index contributed by atoms with van der Waals surface area (Å²) in [5.41, 5.74) is -0.105. The Morgan fingerprint density at radius 1 is 1.12 bits per heavy atom. The van der Waals surface area contributed by atoms with Gasteiger partial charge in [0.1, 0.15) is 0 Å². The molecule has 0 bridgehead atoms. The van der Waals surface area contributed by atoms with Gasteiger partial charge in [0.2, 0.25) is 0 Å². The SMILES string of the molecule is OCC1(NCC(O)CN2CCCC2)CCCC1. The quantitative estimate of drug-likeness (QED) is 0.628. The van der Waals surface area contributed by atoms with Crippen LogP contribution in [0.4, 0.5) is 0 Å². The van der Waals surface area contributed by atoms with Crippen LogP contribution in [-0.4, -0.2) is 59.5 Å². The zero-order chi connectivity index (χ0) is 12.1. The maximum absolute atomic E-state index is 9.99. The van der Waals surface area contributed by atoms with Crippen LogP contribution in [0.15, 0.2) is 0 Å². The van der Waals surface area contributed by atoms with Crippen LogP contribution in [0.5, 0.6) is 0 Å². The van der Waals surface area contributed by atoms with Crippen molar-refractivity contribution < 1.29 is 10.2 Å². The maximum atomic E-state index is 9.99. The number of aliphatic hydroxyl groups excluding tert-OH is 2. The third-order valence-corrected chi connectivity index (χ3v) is 4.24. The van der Waals surface area contributed by atoms with E-state index in [0.717, 1.165) is 32.5 Å². The van der Waals surface area contributed by atoms with Crippen molar-refractivity contribution in [3.63, 3.8) is 0 Å². The first kappa shape index (κ1) is 13.3. The number of β-amino-alcohol motifs (C(OH)–C–C–N with tert-alkyl or cyclic N) is 1. The van der Waals surface area contributed by atoms with Crippen molar-refractivity contribution in [1.29, 1.82) is 0 Å². The molecule has 1 heterocycles. The fourth-order valence-corrected chi connectivity index (χ4v) is 3.10. The summed E-state index contributed by atoms with van der Waals surface area (Å²) < 4.78 is 0. The van der Waals surface area contributed by atoms with Crippen LogP contribution in [0, 0.1) is 0 Å². The van der Waals surface area contributed by atoms with E-state index in [-0.39, 0.29) is 18.2 Å². The van der Waals surface area contributed by atoms with Crippen molar-refractivity contribution in [3.8, 4) is 0 Å². The van der Waals surface area contributed by atoms with E-state index in [1.807, 2.05) is 0 Å². The minimum Gasteiger partial charge on any atom is -0.394 e. The first-order valence-corrected chi connectivity index (χ1v) is 7.00. The van der Waals surface area contributed by atoms with Crippen LogP contribution in [0.2, 0.25) is 0 Å². The summed E-state index contributed by atoms with van der Waals surface area (Å²) >= 11 is 0. The lowest BCUT2D eigenvalue weighted by Gasteiger charge is -2.30. The average molecular weight is 242 g/mol. The van der Waals surface area contributed by atoms with Crippen molar-refractivity contribution >= 4 is 0 Å². The van der Waals surface area contributed by atoms with Crippen molar-refractivity contribution in [2.24, 2.45) is 0 Å². The van der Waals surface area contributed by atoms with Crippen LogP contribution < -0.4 is 5.32 Å². The molecule has 1 atom stereocenters. The summed E-state index contributed by atoms with van der Waals surface area (Å²) in [6.07, 6.45) is 6.68. The average Bonchev–Trinajstić information content (AvgIpc) is 2.98. The highest BCUT2D eigenvalue weighted by molar-refractivity contribution is 4.92. The second-order valence-corrected chi connectivity index (χ2v) is 5.69. The fourth-order valence-electron chi connectivity index (χ4n) is 3.10. The summed E-state index contributed by atoms with van der Waals surface area (Å²) in [5.74, 6) is 0. The molecule has 2 fully saturated rings. The molecule has 2 rings (SSSR count). The van der Waals surface area contributed by atoms with Crippen LogP contribution in [-0.2, 0) is 0 Å². The number of nitrogens with zero attached hydrogens (tertiary/aromatic N) is 1. The molecular weight excluding hydrogens is 216 g/mol. The van der Waals surface area contributed by atoms with Gasteiger partial charge in [-0.05, 0) is 38.8 Å². The van der Waals surface area contributed by atoms with E-state index in [2.05, 4.69) is 10.2 Å². The molecule has 0 aromatic heterocycles. The summed E-state index contributed by atoms with van der Waals surface area (Å²) in [6.45, 7) is 3.83. The third kappa shape index (κ3) is 3.65. The van der Waals surface area contributed by atoms with Gasteiger partial charge in [-0.2, -0.15) is 0 Å². The summed E-state index contributed by atoms with van der Waals surface area (Å²) in [4.78, 5) is 2.33. The molecule has 0 aromatic rings. The van der Waals surface area contributed by atoms with E-state index in [9.17, 15) is 10.2 Å². The Kier molecular flexibility index (Phi) is 4.79. The first-order valence-electron chi connectivity index (χ1n) is 7.00. The Morgan fingerprint density at radius 2 is 1.76 bits per heavy atom. The molecule has 1 aliphatic heterocycles. The van der Waals surface area contributed by atoms with Crippen molar-refractivity contribution in [2.45, 2.75) is 50.2 Å². The smallest absolute Gasteiger partial charge is 0.0791 e. The molecule has 0 amide bonds. The molecule has 1 saturated heterocycles. The summed E-state index contributed by atoms with van der Waals surface area (Å²) in [5, 5.41) is 22.8. The highest BCUT2D eigenvalue weighted by Crippen LogP contribution is 2.28. The van der Waals surface area contributed by atoms with Gasteiger partial charge in [0.15, 0.2) is 0 Å². The molecule has 4 heteroatoms. The van der Waals surface area contributed by atoms with Gasteiger partial charge < -0.3 is 20.4 Å². The van der Waals surface area contributed by atoms with Gasteiger partial charge in [0, 0.05) is 18.6 Å². The Bertz CT molecular complexity index is 223. The predicted molar refractivity (Wildman–Crippen MR) is 68.0 cm³/mol. The highest BCUT2D eigenvalue weighted by Gasteiger charge is 2.33. The van der Waals surface area contributed by atoms with Crippen LogP contribution in [0.3, 0.4) is 0 Å². The Morgan fingerprint density at radius 3 is 2.35 bits per heavy atom. The molecular formula is C13H26N2O2. The Balaban J connectivity index is 1.69. The van der Waals surface area contributed by atoms with Crippen molar-refractivity contribution in [3.05, 3.63) is 0 Å². The molecule has 2 aliphatic rings. The number of nitrogens with one attached hydrogen (secondary N) is 1. The molecule has 1 unspecified atom stereocenters. The molecule has 0 spiro atoms. The molecule has 0 aromatic carbocycles. The fraction of sp³-hybridized carbons (Fsp3) is 1.00. The molecule has 4 nitrogen and oxygen atoms in total. The second kappa shape index (κ2) is 6.14. The molecule has 1 aliphatic carbocycles. The molecule has 100 valence electrons.